The van der Waals surface area contributed by atoms with Crippen LogP contribution in [0.1, 0.15) is 16.7 Å². The first-order chi connectivity index (χ1) is 17.2. The number of hydrogen-bond acceptors (Lipinski definition) is 7. The minimum Gasteiger partial charge on any atom is -0.383 e. The molecular weight excluding hydrogens is 438 g/mol. The number of nitrogens with one attached hydrogen (secondary N) is 2. The molecule has 0 aliphatic heterocycles. The summed E-state index contributed by atoms with van der Waals surface area (Å²) in [4.78, 5) is 13.0. The van der Waals surface area contributed by atoms with Gasteiger partial charge in [0.05, 0.1) is 18.1 Å². The van der Waals surface area contributed by atoms with Gasteiger partial charge in [0, 0.05) is 30.5 Å². The van der Waals surface area contributed by atoms with E-state index in [1.54, 1.807) is 24.9 Å². The number of H-pyrrole nitrogens is 1. The van der Waals surface area contributed by atoms with Gasteiger partial charge in [0.25, 0.3) is 0 Å². The van der Waals surface area contributed by atoms with Gasteiger partial charge in [-0.2, -0.15) is 10.2 Å². The highest BCUT2D eigenvalue weighted by Crippen LogP contribution is 2.23. The molecule has 4 heterocycles. The molecule has 174 valence electrons. The molecule has 0 saturated carbocycles. The SMILES string of the molecule is Cc1ccc(Cn2ncc3c(NCc4ccc5c(N)nccc5c4)ncnc32)cc1.c1cn[nH]c1. The maximum Gasteiger partial charge on any atom is 0.163 e. The molecule has 0 bridgehead atoms. The highest BCUT2D eigenvalue weighted by atomic mass is 15.3. The molecule has 35 heavy (non-hydrogen) atoms. The Bertz CT molecular complexity index is 1520. The van der Waals surface area contributed by atoms with E-state index in [0.29, 0.717) is 18.9 Å². The average Bonchev–Trinajstić information content (AvgIpc) is 3.59. The van der Waals surface area contributed by atoms with Crippen LogP contribution in [0.25, 0.3) is 21.8 Å². The van der Waals surface area contributed by atoms with E-state index in [0.717, 1.165) is 33.2 Å². The number of aromatic amines is 1. The van der Waals surface area contributed by atoms with Gasteiger partial charge in [0.15, 0.2) is 5.65 Å². The fourth-order valence-electron chi connectivity index (χ4n) is 3.78. The Labute approximate surface area is 202 Å². The molecule has 0 unspecified atom stereocenters. The molecule has 0 amide bonds. The molecule has 6 rings (SSSR count). The fourth-order valence-corrected chi connectivity index (χ4v) is 3.78. The van der Waals surface area contributed by atoms with Crippen molar-refractivity contribution >= 4 is 33.4 Å². The summed E-state index contributed by atoms with van der Waals surface area (Å²) < 4.78 is 1.90. The van der Waals surface area contributed by atoms with Crippen molar-refractivity contribution in [2.24, 2.45) is 0 Å². The summed E-state index contributed by atoms with van der Waals surface area (Å²) in [5, 5.41) is 17.1. The molecule has 6 aromatic rings. The van der Waals surface area contributed by atoms with Crippen LogP contribution in [0.5, 0.6) is 0 Å². The van der Waals surface area contributed by atoms with Gasteiger partial charge in [0.2, 0.25) is 0 Å². The normalized spacial score (nSPS) is 10.8. The van der Waals surface area contributed by atoms with Gasteiger partial charge in [-0.25, -0.2) is 19.6 Å². The van der Waals surface area contributed by atoms with Crippen molar-refractivity contribution in [1.82, 2.24) is 34.9 Å². The van der Waals surface area contributed by atoms with Crippen molar-refractivity contribution < 1.29 is 0 Å². The fraction of sp³-hybridized carbons (Fsp3) is 0.115. The summed E-state index contributed by atoms with van der Waals surface area (Å²) in [7, 11) is 0. The zero-order chi connectivity index (χ0) is 24.0. The van der Waals surface area contributed by atoms with Crippen molar-refractivity contribution in [2.45, 2.75) is 20.0 Å². The second-order valence-electron chi connectivity index (χ2n) is 8.12. The number of nitrogens with two attached hydrogens (primary N) is 1. The van der Waals surface area contributed by atoms with Gasteiger partial charge in [-0.05, 0) is 41.6 Å². The maximum absolute atomic E-state index is 5.95. The first-order valence-electron chi connectivity index (χ1n) is 11.2. The van der Waals surface area contributed by atoms with E-state index in [1.165, 1.54) is 11.1 Å². The first kappa shape index (κ1) is 22.0. The third-order valence-corrected chi connectivity index (χ3v) is 5.61. The number of benzene rings is 2. The molecule has 2 aromatic carbocycles. The lowest BCUT2D eigenvalue weighted by Crippen LogP contribution is -2.05. The largest absolute Gasteiger partial charge is 0.383 e. The number of pyridine rings is 1. The third kappa shape index (κ3) is 5.09. The molecule has 4 aromatic heterocycles. The number of rotatable bonds is 5. The van der Waals surface area contributed by atoms with Crippen LogP contribution in [0.4, 0.5) is 11.6 Å². The maximum atomic E-state index is 5.95. The summed E-state index contributed by atoms with van der Waals surface area (Å²) in [6, 6.07) is 18.4. The zero-order valence-electron chi connectivity index (χ0n) is 19.3. The predicted octanol–water partition coefficient (Wildman–Crippen LogP) is 4.34. The molecular formula is C26H25N9. The number of fused-ring (bicyclic) bond motifs is 2. The van der Waals surface area contributed by atoms with Crippen LogP contribution in [0.3, 0.4) is 0 Å². The summed E-state index contributed by atoms with van der Waals surface area (Å²) in [5.74, 6) is 1.31. The predicted molar refractivity (Wildman–Crippen MR) is 138 cm³/mol. The summed E-state index contributed by atoms with van der Waals surface area (Å²) in [6.45, 7) is 3.38. The Kier molecular flexibility index (Phi) is 6.29. The standard InChI is InChI=1S/C23H21N7.C3H4N2/c1-15-2-4-16(5-3-15)13-30-23-20(12-29-30)22(27-14-28-23)26-11-17-6-7-19-18(10-17)8-9-25-21(19)24;1-2-4-5-3-1/h2-10,12,14H,11,13H2,1H3,(H2,24,25)(H,26,27,28);1-3H,(H,4,5). The van der Waals surface area contributed by atoms with Crippen LogP contribution >= 0.6 is 0 Å². The molecule has 9 heteroatoms. The van der Waals surface area contributed by atoms with Crippen molar-refractivity contribution in [3.8, 4) is 0 Å². The first-order valence-corrected chi connectivity index (χ1v) is 11.2. The molecule has 0 saturated heterocycles. The monoisotopic (exact) mass is 463 g/mol. The number of hydrogen-bond donors (Lipinski definition) is 3. The summed E-state index contributed by atoms with van der Waals surface area (Å²) in [6.07, 6.45) is 8.58. The van der Waals surface area contributed by atoms with Crippen LogP contribution < -0.4 is 11.1 Å². The minimum absolute atomic E-state index is 0.547. The zero-order valence-corrected chi connectivity index (χ0v) is 19.3. The van der Waals surface area contributed by atoms with Gasteiger partial charge in [-0.15, -0.1) is 0 Å². The van der Waals surface area contributed by atoms with Gasteiger partial charge in [-0.1, -0.05) is 42.0 Å². The second kappa shape index (κ2) is 10.0. The van der Waals surface area contributed by atoms with Crippen LogP contribution in [0, 0.1) is 6.92 Å². The van der Waals surface area contributed by atoms with E-state index in [-0.39, 0.29) is 0 Å². The molecule has 9 nitrogen and oxygen atoms in total. The summed E-state index contributed by atoms with van der Waals surface area (Å²) in [5.41, 5.74) is 10.3. The number of nitrogens with zero attached hydrogens (tertiary/aromatic N) is 6. The van der Waals surface area contributed by atoms with Crippen LogP contribution in [0.15, 0.2) is 85.7 Å². The van der Waals surface area contributed by atoms with E-state index >= 15 is 0 Å². The van der Waals surface area contributed by atoms with Gasteiger partial charge in [-0.3, -0.25) is 5.10 Å². The van der Waals surface area contributed by atoms with Crippen molar-refractivity contribution in [3.63, 3.8) is 0 Å². The van der Waals surface area contributed by atoms with E-state index in [2.05, 4.69) is 72.8 Å². The Hall–Kier alpha value is -4.79. The second-order valence-corrected chi connectivity index (χ2v) is 8.12. The molecule has 0 radical (unpaired) electrons. The smallest absolute Gasteiger partial charge is 0.163 e. The molecule has 0 fully saturated rings. The Morgan fingerprint density at radius 1 is 0.943 bits per heavy atom. The lowest BCUT2D eigenvalue weighted by molar-refractivity contribution is 0.703. The molecule has 4 N–H and O–H groups in total. The molecule has 0 aliphatic carbocycles. The topological polar surface area (TPSA) is 123 Å². The Morgan fingerprint density at radius 2 is 1.80 bits per heavy atom. The van der Waals surface area contributed by atoms with Crippen LogP contribution in [-0.2, 0) is 13.1 Å². The van der Waals surface area contributed by atoms with E-state index < -0.39 is 0 Å². The summed E-state index contributed by atoms with van der Waals surface area (Å²) >= 11 is 0. The lowest BCUT2D eigenvalue weighted by atomic mass is 10.1. The van der Waals surface area contributed by atoms with Crippen molar-refractivity contribution in [3.05, 3.63) is 102 Å². The number of nitrogen functional groups attached to an aromatic ring is 1. The quantitative estimate of drug-likeness (QED) is 0.348. The van der Waals surface area contributed by atoms with Crippen molar-refractivity contribution in [1.29, 1.82) is 0 Å². The number of aromatic nitrogens is 7. The molecule has 0 atom stereocenters. The van der Waals surface area contributed by atoms with Gasteiger partial charge in [0.1, 0.15) is 18.0 Å². The lowest BCUT2D eigenvalue weighted by Gasteiger charge is -2.09. The number of aryl methyl sites for hydroxylation is 1. The Morgan fingerprint density at radius 3 is 2.57 bits per heavy atom. The van der Waals surface area contributed by atoms with Crippen molar-refractivity contribution in [2.75, 3.05) is 11.1 Å². The minimum atomic E-state index is 0.547. The number of anilines is 2. The van der Waals surface area contributed by atoms with E-state index in [4.69, 9.17) is 5.73 Å². The molecule has 0 spiro atoms. The van der Waals surface area contributed by atoms with E-state index in [9.17, 15) is 0 Å². The molecule has 0 aliphatic rings. The third-order valence-electron chi connectivity index (χ3n) is 5.61. The highest BCUT2D eigenvalue weighted by molar-refractivity contribution is 5.91. The van der Waals surface area contributed by atoms with Gasteiger partial charge >= 0.3 is 0 Å². The van der Waals surface area contributed by atoms with Crippen LogP contribution in [0.2, 0.25) is 0 Å². The Balaban J connectivity index is 0.000000453. The van der Waals surface area contributed by atoms with E-state index in [1.807, 2.05) is 35.1 Å². The highest BCUT2D eigenvalue weighted by Gasteiger charge is 2.10. The average molecular weight is 464 g/mol. The van der Waals surface area contributed by atoms with Crippen LogP contribution in [-0.4, -0.2) is 34.9 Å². The van der Waals surface area contributed by atoms with Gasteiger partial charge < -0.3 is 11.1 Å².